The molecule has 0 saturated carbocycles. The number of hydrogen-bond donors (Lipinski definition) is 2. The second-order valence-electron chi connectivity index (χ2n) is 10.5. The van der Waals surface area contributed by atoms with Crippen molar-refractivity contribution >= 4 is 29.0 Å². The van der Waals surface area contributed by atoms with Gasteiger partial charge in [0.05, 0.1) is 23.1 Å². The largest absolute Gasteiger partial charge is 0.384 e. The predicted octanol–water partition coefficient (Wildman–Crippen LogP) is 3.48. The summed E-state index contributed by atoms with van der Waals surface area (Å²) in [6, 6.07) is 15.0. The van der Waals surface area contributed by atoms with Gasteiger partial charge in [0.25, 0.3) is 5.91 Å². The molecule has 3 N–H and O–H groups in total. The van der Waals surface area contributed by atoms with Crippen LogP contribution in [0.3, 0.4) is 0 Å². The summed E-state index contributed by atoms with van der Waals surface area (Å²) in [5.74, 6) is 0.805. The number of fused-ring (bicyclic) bond motifs is 1. The van der Waals surface area contributed by atoms with E-state index < -0.39 is 0 Å². The van der Waals surface area contributed by atoms with Crippen LogP contribution >= 0.6 is 0 Å². The molecule has 222 valence electrons. The number of aromatic nitrogens is 7. The van der Waals surface area contributed by atoms with Crippen LogP contribution < -0.4 is 16.0 Å². The molecule has 1 aliphatic heterocycles. The Morgan fingerprint density at radius 2 is 1.86 bits per heavy atom. The average molecular weight is 594 g/mol. The van der Waals surface area contributed by atoms with Crippen molar-refractivity contribution in [1.82, 2.24) is 39.4 Å². The minimum Gasteiger partial charge on any atom is -0.384 e. The molecule has 0 spiro atoms. The standard InChI is InChI=1S/C30H28FN11O2/c1-39-30(41-13-11-40(12-14-41)17-22-9-15-44-38-22)27(28(37-39)19-2-4-21(31)5-3-19)23-6-7-26-34-25(18-42(26)36-23)35-29(43)20-8-10-33-24(32)16-20/h2-10,15-16,18H,11-14,17H2,1H3,(H2,32,33)(H,35,43). The van der Waals surface area contributed by atoms with Gasteiger partial charge in [-0.2, -0.15) is 10.2 Å². The predicted molar refractivity (Wildman–Crippen MR) is 161 cm³/mol. The SMILES string of the molecule is Cn1nc(-c2ccc(F)cc2)c(-c2ccc3nc(NC(=O)c4ccnc(N)c4)cn3n2)c1N1CCN(Cc2ccon2)CC1. The summed E-state index contributed by atoms with van der Waals surface area (Å²) < 4.78 is 22.3. The summed E-state index contributed by atoms with van der Waals surface area (Å²) in [5.41, 5.74) is 10.5. The van der Waals surface area contributed by atoms with Crippen LogP contribution in [0.2, 0.25) is 0 Å². The van der Waals surface area contributed by atoms with Gasteiger partial charge in [-0.15, -0.1) is 0 Å². The lowest BCUT2D eigenvalue weighted by Crippen LogP contribution is -2.46. The molecule has 6 heterocycles. The van der Waals surface area contributed by atoms with Crippen molar-refractivity contribution in [2.24, 2.45) is 7.05 Å². The van der Waals surface area contributed by atoms with Crippen molar-refractivity contribution in [3.63, 3.8) is 0 Å². The number of nitrogens with one attached hydrogen (secondary N) is 1. The summed E-state index contributed by atoms with van der Waals surface area (Å²) in [7, 11) is 1.91. The van der Waals surface area contributed by atoms with Crippen LogP contribution in [0.4, 0.5) is 21.8 Å². The van der Waals surface area contributed by atoms with E-state index in [0.717, 1.165) is 55.4 Å². The van der Waals surface area contributed by atoms with E-state index >= 15 is 0 Å². The highest BCUT2D eigenvalue weighted by atomic mass is 19.1. The van der Waals surface area contributed by atoms with E-state index in [9.17, 15) is 9.18 Å². The maximum absolute atomic E-state index is 13.9. The Morgan fingerprint density at radius 3 is 2.61 bits per heavy atom. The fourth-order valence-electron chi connectivity index (χ4n) is 5.44. The van der Waals surface area contributed by atoms with Crippen LogP contribution in [0.15, 0.2) is 77.8 Å². The Bertz CT molecular complexity index is 1940. The molecule has 1 aromatic carbocycles. The average Bonchev–Trinajstić information content (AvgIpc) is 3.76. The first kappa shape index (κ1) is 27.2. The zero-order valence-corrected chi connectivity index (χ0v) is 23.8. The number of benzene rings is 1. The Morgan fingerprint density at radius 1 is 1.05 bits per heavy atom. The van der Waals surface area contributed by atoms with Crippen LogP contribution in [0, 0.1) is 5.82 Å². The van der Waals surface area contributed by atoms with Crippen molar-refractivity contribution in [1.29, 1.82) is 0 Å². The van der Waals surface area contributed by atoms with Gasteiger partial charge in [0.2, 0.25) is 0 Å². The van der Waals surface area contributed by atoms with E-state index in [4.69, 9.17) is 20.5 Å². The summed E-state index contributed by atoms with van der Waals surface area (Å²) in [6.45, 7) is 3.88. The van der Waals surface area contributed by atoms with E-state index in [2.05, 4.69) is 30.2 Å². The van der Waals surface area contributed by atoms with Crippen molar-refractivity contribution in [3.8, 4) is 22.5 Å². The molecule has 1 aliphatic rings. The first-order chi connectivity index (χ1) is 21.4. The van der Waals surface area contributed by atoms with E-state index in [1.165, 1.54) is 24.4 Å². The van der Waals surface area contributed by atoms with E-state index in [1.54, 1.807) is 35.2 Å². The number of amides is 1. The third kappa shape index (κ3) is 5.33. The number of rotatable bonds is 7. The van der Waals surface area contributed by atoms with Gasteiger partial charge in [-0.05, 0) is 48.5 Å². The number of carbonyl (C=O) groups excluding carboxylic acids is 1. The zero-order valence-electron chi connectivity index (χ0n) is 23.8. The summed E-state index contributed by atoms with van der Waals surface area (Å²) in [4.78, 5) is 25.8. The van der Waals surface area contributed by atoms with Gasteiger partial charge in [-0.3, -0.25) is 14.4 Å². The van der Waals surface area contributed by atoms with Crippen molar-refractivity contribution < 1.29 is 13.7 Å². The molecule has 6 aromatic rings. The third-order valence-electron chi connectivity index (χ3n) is 7.54. The van der Waals surface area contributed by atoms with Gasteiger partial charge in [-0.1, -0.05) is 5.16 Å². The highest BCUT2D eigenvalue weighted by Gasteiger charge is 2.28. The number of piperazine rings is 1. The number of aryl methyl sites for hydroxylation is 1. The van der Waals surface area contributed by atoms with Gasteiger partial charge in [0.15, 0.2) is 11.5 Å². The fourth-order valence-corrected chi connectivity index (χ4v) is 5.44. The molecule has 1 amide bonds. The number of anilines is 3. The summed E-state index contributed by atoms with van der Waals surface area (Å²) in [5, 5.41) is 16.6. The molecule has 0 atom stereocenters. The quantitative estimate of drug-likeness (QED) is 0.282. The van der Waals surface area contributed by atoms with Crippen LogP contribution in [0.5, 0.6) is 0 Å². The number of imidazole rings is 1. The van der Waals surface area contributed by atoms with Crippen LogP contribution in [0.25, 0.3) is 28.2 Å². The molecule has 0 aliphatic carbocycles. The summed E-state index contributed by atoms with van der Waals surface area (Å²) in [6.07, 6.45) is 4.71. The topological polar surface area (TPSA) is 149 Å². The van der Waals surface area contributed by atoms with E-state index in [1.807, 2.05) is 29.9 Å². The molecular weight excluding hydrogens is 565 g/mol. The molecular formula is C30H28FN11O2. The molecule has 0 bridgehead atoms. The molecule has 1 saturated heterocycles. The minimum absolute atomic E-state index is 0.250. The molecule has 0 radical (unpaired) electrons. The van der Waals surface area contributed by atoms with Gasteiger partial charge in [0, 0.05) is 63.2 Å². The minimum atomic E-state index is -0.362. The monoisotopic (exact) mass is 593 g/mol. The Balaban J connectivity index is 1.22. The van der Waals surface area contributed by atoms with Gasteiger partial charge < -0.3 is 20.5 Å². The number of nitrogens with two attached hydrogens (primary N) is 1. The lowest BCUT2D eigenvalue weighted by molar-refractivity contribution is 0.102. The maximum atomic E-state index is 13.9. The Kier molecular flexibility index (Phi) is 6.94. The number of nitrogen functional groups attached to an aromatic ring is 1. The molecule has 44 heavy (non-hydrogen) atoms. The van der Waals surface area contributed by atoms with Crippen LogP contribution in [-0.2, 0) is 13.6 Å². The van der Waals surface area contributed by atoms with Crippen molar-refractivity contribution in [2.75, 3.05) is 42.1 Å². The van der Waals surface area contributed by atoms with Crippen LogP contribution in [-0.4, -0.2) is 71.5 Å². The lowest BCUT2D eigenvalue weighted by atomic mass is 10.0. The number of nitrogens with zero attached hydrogens (tertiary/aromatic N) is 9. The number of hydrogen-bond acceptors (Lipinski definition) is 10. The maximum Gasteiger partial charge on any atom is 0.257 e. The molecule has 13 nitrogen and oxygen atoms in total. The Hall–Kier alpha value is -5.63. The zero-order chi connectivity index (χ0) is 30.2. The first-order valence-corrected chi connectivity index (χ1v) is 14.0. The molecule has 14 heteroatoms. The molecule has 0 unspecified atom stereocenters. The van der Waals surface area contributed by atoms with Crippen LogP contribution in [0.1, 0.15) is 16.1 Å². The molecule has 1 fully saturated rings. The second kappa shape index (κ2) is 11.2. The lowest BCUT2D eigenvalue weighted by Gasteiger charge is -2.36. The molecule has 5 aromatic heterocycles. The third-order valence-corrected chi connectivity index (χ3v) is 7.54. The fraction of sp³-hybridized carbons (Fsp3) is 0.200. The van der Waals surface area contributed by atoms with Gasteiger partial charge in [-0.25, -0.2) is 18.9 Å². The number of pyridine rings is 1. The number of halogens is 1. The van der Waals surface area contributed by atoms with E-state index in [-0.39, 0.29) is 17.5 Å². The highest BCUT2D eigenvalue weighted by molar-refractivity contribution is 6.04. The van der Waals surface area contributed by atoms with Gasteiger partial charge in [0.1, 0.15) is 29.4 Å². The van der Waals surface area contributed by atoms with E-state index in [0.29, 0.717) is 28.4 Å². The Labute approximate surface area is 250 Å². The second-order valence-corrected chi connectivity index (χ2v) is 10.5. The first-order valence-electron chi connectivity index (χ1n) is 14.0. The molecule has 7 rings (SSSR count). The normalized spacial score (nSPS) is 13.9. The number of carbonyl (C=O) groups is 1. The summed E-state index contributed by atoms with van der Waals surface area (Å²) >= 11 is 0. The smallest absolute Gasteiger partial charge is 0.257 e. The van der Waals surface area contributed by atoms with Crippen molar-refractivity contribution in [3.05, 3.63) is 90.3 Å². The van der Waals surface area contributed by atoms with Crippen molar-refractivity contribution in [2.45, 2.75) is 6.54 Å². The highest BCUT2D eigenvalue weighted by Crippen LogP contribution is 2.39. The van der Waals surface area contributed by atoms with Gasteiger partial charge >= 0.3 is 0 Å².